The summed E-state index contributed by atoms with van der Waals surface area (Å²) in [7, 11) is -10.7. The normalized spacial score (nSPS) is 14.4. The summed E-state index contributed by atoms with van der Waals surface area (Å²) in [5.74, 6) is 0.823. The molecule has 0 aliphatic heterocycles. The van der Waals surface area contributed by atoms with Gasteiger partial charge in [-0.1, -0.05) is 30.3 Å². The molecular weight excluding hydrogens is 473 g/mol. The Morgan fingerprint density at radius 1 is 0.719 bits per heavy atom. The number of thiol groups is 1. The van der Waals surface area contributed by atoms with Crippen LogP contribution in [0.5, 0.6) is 5.75 Å². The van der Waals surface area contributed by atoms with Crippen LogP contribution in [-0.2, 0) is 16.5 Å². The zero-order chi connectivity index (χ0) is 23.9. The molecule has 3 aromatic rings. The van der Waals surface area contributed by atoms with Crippen LogP contribution in [0.3, 0.4) is 0 Å². The molecule has 1 atom stereocenters. The molecule has 0 aliphatic carbocycles. The van der Waals surface area contributed by atoms with Gasteiger partial charge in [0.2, 0.25) is 0 Å². The quantitative estimate of drug-likeness (QED) is 0.107. The van der Waals surface area contributed by atoms with Crippen LogP contribution in [0.1, 0.15) is 13.8 Å². The van der Waals surface area contributed by atoms with Crippen molar-refractivity contribution in [3.8, 4) is 16.9 Å². The Kier molecular flexibility index (Phi) is 7.92. The Morgan fingerprint density at radius 2 is 1.16 bits per heavy atom. The second-order valence-electron chi connectivity index (χ2n) is 6.62. The van der Waals surface area contributed by atoms with Crippen LogP contribution in [0.4, 0.5) is 25.2 Å². The Morgan fingerprint density at radius 3 is 1.62 bits per heavy atom. The summed E-state index contributed by atoms with van der Waals surface area (Å²) < 4.78 is 70.3. The maximum atomic E-state index is 9.87. The first kappa shape index (κ1) is 26.0. The molecule has 0 heterocycles. The van der Waals surface area contributed by atoms with E-state index in [4.69, 9.17) is 9.47 Å². The molecule has 176 valence electrons. The first-order valence-electron chi connectivity index (χ1n) is 9.51. The number of benzene rings is 3. The summed E-state index contributed by atoms with van der Waals surface area (Å²) in [6, 6.07) is 27.3. The minimum atomic E-state index is -10.7. The molecule has 0 N–H and O–H groups in total. The first-order chi connectivity index (χ1) is 14.7. The molecule has 2 nitrogen and oxygen atoms in total. The van der Waals surface area contributed by atoms with Gasteiger partial charge in [0.1, 0.15) is 5.75 Å². The van der Waals surface area contributed by atoms with Gasteiger partial charge < -0.3 is 9.47 Å². The third kappa shape index (κ3) is 12.0. The van der Waals surface area contributed by atoms with Gasteiger partial charge in [-0.05, 0) is 73.5 Å². The van der Waals surface area contributed by atoms with Crippen molar-refractivity contribution < 1.29 is 34.7 Å². The number of ether oxygens (including phenoxy) is 2. The molecular formula is C22H23F6O2PS. The second kappa shape index (κ2) is 9.73. The van der Waals surface area contributed by atoms with Gasteiger partial charge in [0, 0.05) is 18.4 Å². The molecule has 10 heteroatoms. The van der Waals surface area contributed by atoms with E-state index in [2.05, 4.69) is 60.7 Å². The van der Waals surface area contributed by atoms with Gasteiger partial charge >= 0.3 is 33.0 Å². The van der Waals surface area contributed by atoms with Gasteiger partial charge in [0.15, 0.2) is 16.1 Å². The fourth-order valence-electron chi connectivity index (χ4n) is 2.57. The zero-order valence-electron chi connectivity index (χ0n) is 17.3. The van der Waals surface area contributed by atoms with Crippen molar-refractivity contribution in [3.63, 3.8) is 0 Å². The Hall–Kier alpha value is -2.22. The van der Waals surface area contributed by atoms with Crippen LogP contribution >= 0.6 is 7.81 Å². The molecule has 3 rings (SSSR count). The van der Waals surface area contributed by atoms with E-state index in [9.17, 15) is 25.2 Å². The van der Waals surface area contributed by atoms with Crippen LogP contribution in [-0.4, -0.2) is 12.9 Å². The molecule has 0 spiro atoms. The topological polar surface area (TPSA) is 18.5 Å². The molecule has 0 amide bonds. The Labute approximate surface area is 186 Å². The Balaban J connectivity index is 0.000000451. The van der Waals surface area contributed by atoms with Gasteiger partial charge in [-0.3, -0.25) is 0 Å². The summed E-state index contributed by atoms with van der Waals surface area (Å²) in [5, 5.41) is 0. The van der Waals surface area contributed by atoms with Crippen LogP contribution < -0.4 is 4.74 Å². The van der Waals surface area contributed by atoms with E-state index in [-0.39, 0.29) is 6.29 Å². The van der Waals surface area contributed by atoms with E-state index in [0.29, 0.717) is 6.61 Å². The molecule has 0 fully saturated rings. The molecule has 32 heavy (non-hydrogen) atoms. The van der Waals surface area contributed by atoms with Crippen molar-refractivity contribution in [3.05, 3.63) is 78.9 Å². The number of hydrogen-bond donors (Lipinski definition) is 0. The standard InChI is InChI=1S/C22H22O2S.F6P/c1-3-23-17(2)24-20-13-9-18(10-14-20)19-11-15-22(16-12-19)25-21-7-5-4-6-8-21;1-7(2,3,4,5)6/h4-17H,3H2,1-2H3;/q;-1/p+1. The Bertz CT molecular complexity index is 968. The van der Waals surface area contributed by atoms with Crippen molar-refractivity contribution in [2.45, 2.75) is 29.9 Å². The SMILES string of the molecule is CCOC(C)Oc1ccc(-c2ccc([SH+]c3ccccc3)cc2)cc1.F[P-](F)(F)(F)(F)F. The molecule has 0 aliphatic rings. The summed E-state index contributed by atoms with van der Waals surface area (Å²) in [6.07, 6.45) is -0.230. The molecule has 0 aromatic heterocycles. The molecule has 1 unspecified atom stereocenters. The van der Waals surface area contributed by atoms with Gasteiger partial charge in [-0.15, -0.1) is 0 Å². The minimum absolute atomic E-state index is 0.230. The van der Waals surface area contributed by atoms with Gasteiger partial charge in [0.05, 0.1) is 0 Å². The predicted octanol–water partition coefficient (Wildman–Crippen LogP) is 8.73. The van der Waals surface area contributed by atoms with Gasteiger partial charge in [-0.25, -0.2) is 0 Å². The van der Waals surface area contributed by atoms with E-state index in [0.717, 1.165) is 5.75 Å². The molecule has 3 aromatic carbocycles. The van der Waals surface area contributed by atoms with Gasteiger partial charge in [0.25, 0.3) is 0 Å². The fraction of sp³-hybridized carbons (Fsp3) is 0.182. The van der Waals surface area contributed by atoms with Gasteiger partial charge in [-0.2, -0.15) is 0 Å². The van der Waals surface area contributed by atoms with Crippen LogP contribution in [0, 0.1) is 0 Å². The summed E-state index contributed by atoms with van der Waals surface area (Å²) >= 11 is 1.23. The summed E-state index contributed by atoms with van der Waals surface area (Å²) in [4.78, 5) is 2.60. The predicted molar refractivity (Wildman–Crippen MR) is 119 cm³/mol. The second-order valence-corrected chi connectivity index (χ2v) is 9.79. The maximum absolute atomic E-state index is 10.7. The number of rotatable bonds is 7. The summed E-state index contributed by atoms with van der Waals surface area (Å²) in [6.45, 7) is 4.51. The van der Waals surface area contributed by atoms with Crippen molar-refractivity contribution in [2.24, 2.45) is 0 Å². The van der Waals surface area contributed by atoms with E-state index >= 15 is 0 Å². The third-order valence-corrected chi connectivity index (χ3v) is 4.89. The molecule has 0 bridgehead atoms. The van der Waals surface area contributed by atoms with Crippen molar-refractivity contribution in [1.29, 1.82) is 0 Å². The van der Waals surface area contributed by atoms with E-state index in [1.54, 1.807) is 0 Å². The third-order valence-electron chi connectivity index (χ3n) is 3.77. The van der Waals surface area contributed by atoms with E-state index < -0.39 is 7.81 Å². The first-order valence-corrected chi connectivity index (χ1v) is 12.4. The fourth-order valence-corrected chi connectivity index (χ4v) is 3.48. The summed E-state index contributed by atoms with van der Waals surface area (Å²) in [5.41, 5.74) is 2.38. The van der Waals surface area contributed by atoms with Crippen LogP contribution in [0.25, 0.3) is 11.1 Å². The number of halogens is 6. The van der Waals surface area contributed by atoms with Crippen molar-refractivity contribution in [1.82, 2.24) is 0 Å². The van der Waals surface area contributed by atoms with E-state index in [1.807, 2.05) is 32.0 Å². The van der Waals surface area contributed by atoms with Crippen molar-refractivity contribution >= 4 is 19.6 Å². The molecule has 0 radical (unpaired) electrons. The molecule has 0 saturated carbocycles. The van der Waals surface area contributed by atoms with Crippen LogP contribution in [0.15, 0.2) is 88.7 Å². The number of hydrogen-bond acceptors (Lipinski definition) is 2. The average Bonchev–Trinajstić information content (AvgIpc) is 2.68. The van der Waals surface area contributed by atoms with E-state index in [1.165, 1.54) is 32.7 Å². The molecule has 0 saturated heterocycles. The van der Waals surface area contributed by atoms with Crippen LogP contribution in [0.2, 0.25) is 0 Å². The van der Waals surface area contributed by atoms with Crippen molar-refractivity contribution in [2.75, 3.05) is 6.61 Å². The average molecular weight is 496 g/mol. The zero-order valence-corrected chi connectivity index (χ0v) is 19.1. The monoisotopic (exact) mass is 496 g/mol.